The second kappa shape index (κ2) is 4.81. The van der Waals surface area contributed by atoms with Crippen LogP contribution in [0, 0.1) is 5.92 Å². The summed E-state index contributed by atoms with van der Waals surface area (Å²) in [4.78, 5) is 17.8. The smallest absolute Gasteiger partial charge is 0.308 e. The average Bonchev–Trinajstić information content (AvgIpc) is 2.97. The lowest BCUT2D eigenvalue weighted by Crippen LogP contribution is -2.32. The molecule has 3 heterocycles. The number of nitrogens with zero attached hydrogens (tertiary/aromatic N) is 2. The van der Waals surface area contributed by atoms with Crippen molar-refractivity contribution in [1.29, 1.82) is 0 Å². The van der Waals surface area contributed by atoms with Gasteiger partial charge in [-0.3, -0.25) is 9.69 Å². The number of carbonyl (C=O) groups is 1. The predicted molar refractivity (Wildman–Crippen MR) is 68.9 cm³/mol. The number of carboxylic acid groups (broad SMARTS) is 1. The summed E-state index contributed by atoms with van der Waals surface area (Å²) in [6, 6.07) is 4.47. The topological polar surface area (TPSA) is 62.7 Å². The van der Waals surface area contributed by atoms with Gasteiger partial charge < -0.3 is 9.84 Å². The number of aromatic nitrogens is 1. The van der Waals surface area contributed by atoms with Crippen LogP contribution in [0.3, 0.4) is 0 Å². The van der Waals surface area contributed by atoms with Gasteiger partial charge in [-0.05, 0) is 24.8 Å². The zero-order chi connectivity index (χ0) is 13.4. The summed E-state index contributed by atoms with van der Waals surface area (Å²) in [5, 5.41) is 9.23. The Hall–Kier alpha value is -1.62. The van der Waals surface area contributed by atoms with Gasteiger partial charge in [0, 0.05) is 30.9 Å². The molecule has 2 bridgehead atoms. The van der Waals surface area contributed by atoms with Crippen molar-refractivity contribution >= 4 is 5.97 Å². The first-order valence-corrected chi connectivity index (χ1v) is 6.66. The lowest BCUT2D eigenvalue weighted by molar-refractivity contribution is -0.142. The van der Waals surface area contributed by atoms with E-state index < -0.39 is 5.97 Å². The molecule has 19 heavy (non-hydrogen) atoms. The molecule has 2 aliphatic heterocycles. The van der Waals surface area contributed by atoms with Gasteiger partial charge in [0.05, 0.1) is 13.0 Å². The summed E-state index contributed by atoms with van der Waals surface area (Å²) >= 11 is 0. The van der Waals surface area contributed by atoms with Crippen LogP contribution in [0.25, 0.3) is 0 Å². The molecule has 0 amide bonds. The summed E-state index contributed by atoms with van der Waals surface area (Å²) in [5.41, 5.74) is 1.11. The second-order valence-electron chi connectivity index (χ2n) is 5.36. The highest BCUT2D eigenvalue weighted by Crippen LogP contribution is 2.42. The van der Waals surface area contributed by atoms with E-state index in [-0.39, 0.29) is 12.0 Å². The van der Waals surface area contributed by atoms with Crippen LogP contribution >= 0.6 is 0 Å². The van der Waals surface area contributed by atoms with Crippen LogP contribution in [0.2, 0.25) is 0 Å². The Kier molecular flexibility index (Phi) is 3.14. The SMILES string of the molecule is COc1ccc(CN2C3CCC2C(C(=O)O)C3)cn1. The number of hydrogen-bond donors (Lipinski definition) is 1. The molecule has 2 fully saturated rings. The van der Waals surface area contributed by atoms with Crippen LogP contribution in [0.15, 0.2) is 18.3 Å². The molecular formula is C14H18N2O3. The number of aliphatic carboxylic acids is 1. The molecule has 5 heteroatoms. The van der Waals surface area contributed by atoms with Gasteiger partial charge in [-0.25, -0.2) is 4.98 Å². The van der Waals surface area contributed by atoms with Crippen molar-refractivity contribution in [1.82, 2.24) is 9.88 Å². The number of pyridine rings is 1. The fourth-order valence-electron chi connectivity index (χ4n) is 3.45. The quantitative estimate of drug-likeness (QED) is 0.891. The van der Waals surface area contributed by atoms with Gasteiger partial charge in [-0.2, -0.15) is 0 Å². The fraction of sp³-hybridized carbons (Fsp3) is 0.571. The van der Waals surface area contributed by atoms with Crippen molar-refractivity contribution in [2.24, 2.45) is 5.92 Å². The molecule has 3 rings (SSSR count). The first-order chi connectivity index (χ1) is 9.19. The number of rotatable bonds is 4. The van der Waals surface area contributed by atoms with E-state index >= 15 is 0 Å². The molecule has 1 N–H and O–H groups in total. The van der Waals surface area contributed by atoms with E-state index in [1.54, 1.807) is 7.11 Å². The van der Waals surface area contributed by atoms with Crippen molar-refractivity contribution in [2.45, 2.75) is 37.9 Å². The zero-order valence-corrected chi connectivity index (χ0v) is 11.0. The molecular weight excluding hydrogens is 244 g/mol. The van der Waals surface area contributed by atoms with Crippen molar-refractivity contribution in [3.8, 4) is 5.88 Å². The third kappa shape index (κ3) is 2.18. The standard InChI is InChI=1S/C14H18N2O3/c1-19-13-5-2-9(7-15-13)8-16-10-3-4-12(16)11(6-10)14(17)18/h2,5,7,10-12H,3-4,6,8H2,1H3,(H,17,18). The lowest BCUT2D eigenvalue weighted by atomic mass is 9.89. The summed E-state index contributed by atoms with van der Waals surface area (Å²) in [5.74, 6) is -0.230. The number of hydrogen-bond acceptors (Lipinski definition) is 4. The van der Waals surface area contributed by atoms with Gasteiger partial charge >= 0.3 is 5.97 Å². The van der Waals surface area contributed by atoms with Crippen LogP contribution in [0.4, 0.5) is 0 Å². The lowest BCUT2D eigenvalue weighted by Gasteiger charge is -2.22. The highest BCUT2D eigenvalue weighted by atomic mass is 16.5. The van der Waals surface area contributed by atoms with Gasteiger partial charge in [0.1, 0.15) is 0 Å². The molecule has 102 valence electrons. The van der Waals surface area contributed by atoms with Gasteiger partial charge in [0.25, 0.3) is 0 Å². The molecule has 1 aromatic heterocycles. The Balaban J connectivity index is 1.71. The Morgan fingerprint density at radius 1 is 1.53 bits per heavy atom. The van der Waals surface area contributed by atoms with E-state index in [9.17, 15) is 9.90 Å². The van der Waals surface area contributed by atoms with Gasteiger partial charge in [0.2, 0.25) is 5.88 Å². The molecule has 0 spiro atoms. The highest BCUT2D eigenvalue weighted by Gasteiger charge is 2.48. The second-order valence-corrected chi connectivity index (χ2v) is 5.36. The Labute approximate surface area is 112 Å². The van der Waals surface area contributed by atoms with Gasteiger partial charge in [0.15, 0.2) is 0 Å². The first kappa shape index (κ1) is 12.4. The van der Waals surface area contributed by atoms with E-state index in [1.165, 1.54) is 0 Å². The van der Waals surface area contributed by atoms with Crippen LogP contribution < -0.4 is 4.74 Å². The zero-order valence-electron chi connectivity index (χ0n) is 11.0. The summed E-state index contributed by atoms with van der Waals surface area (Å²) in [6.07, 6.45) is 4.74. The maximum Gasteiger partial charge on any atom is 0.308 e. The average molecular weight is 262 g/mol. The van der Waals surface area contributed by atoms with Gasteiger partial charge in [-0.1, -0.05) is 6.07 Å². The fourth-order valence-corrected chi connectivity index (χ4v) is 3.45. The third-order valence-electron chi connectivity index (χ3n) is 4.37. The molecule has 2 saturated heterocycles. The Morgan fingerprint density at radius 2 is 2.37 bits per heavy atom. The van der Waals surface area contributed by atoms with Crippen LogP contribution in [0.5, 0.6) is 5.88 Å². The molecule has 0 aliphatic carbocycles. The van der Waals surface area contributed by atoms with E-state index in [2.05, 4.69) is 9.88 Å². The minimum atomic E-state index is -0.648. The van der Waals surface area contributed by atoms with Crippen LogP contribution in [-0.4, -0.2) is 40.2 Å². The Bertz CT molecular complexity index is 474. The molecule has 0 saturated carbocycles. The maximum absolute atomic E-state index is 11.2. The minimum Gasteiger partial charge on any atom is -0.481 e. The molecule has 0 aromatic carbocycles. The number of carboxylic acids is 1. The number of fused-ring (bicyclic) bond motifs is 2. The van der Waals surface area contributed by atoms with E-state index in [4.69, 9.17) is 4.74 Å². The minimum absolute atomic E-state index is 0.190. The van der Waals surface area contributed by atoms with Crippen molar-refractivity contribution in [2.75, 3.05) is 7.11 Å². The van der Waals surface area contributed by atoms with Crippen LogP contribution in [-0.2, 0) is 11.3 Å². The van der Waals surface area contributed by atoms with E-state index in [0.29, 0.717) is 11.9 Å². The monoisotopic (exact) mass is 262 g/mol. The van der Waals surface area contributed by atoms with Crippen LogP contribution in [0.1, 0.15) is 24.8 Å². The van der Waals surface area contributed by atoms with Crippen molar-refractivity contribution in [3.63, 3.8) is 0 Å². The third-order valence-corrected chi connectivity index (χ3v) is 4.37. The van der Waals surface area contributed by atoms with E-state index in [1.807, 2.05) is 18.3 Å². The first-order valence-electron chi connectivity index (χ1n) is 6.66. The molecule has 0 radical (unpaired) electrons. The molecule has 5 nitrogen and oxygen atoms in total. The molecule has 1 aromatic rings. The number of methoxy groups -OCH3 is 1. The predicted octanol–water partition coefficient (Wildman–Crippen LogP) is 1.53. The molecule has 2 aliphatic rings. The summed E-state index contributed by atoms with van der Waals surface area (Å²) < 4.78 is 5.04. The molecule has 3 atom stereocenters. The normalized spacial score (nSPS) is 29.6. The van der Waals surface area contributed by atoms with Crippen molar-refractivity contribution < 1.29 is 14.6 Å². The maximum atomic E-state index is 11.2. The van der Waals surface area contributed by atoms with Crippen molar-refractivity contribution in [3.05, 3.63) is 23.9 Å². The number of ether oxygens (including phenoxy) is 1. The largest absolute Gasteiger partial charge is 0.481 e. The van der Waals surface area contributed by atoms with Gasteiger partial charge in [-0.15, -0.1) is 0 Å². The van der Waals surface area contributed by atoms with E-state index in [0.717, 1.165) is 31.4 Å². The summed E-state index contributed by atoms with van der Waals surface area (Å²) in [7, 11) is 1.60. The highest BCUT2D eigenvalue weighted by molar-refractivity contribution is 5.71. The molecule has 3 unspecified atom stereocenters. The summed E-state index contributed by atoms with van der Waals surface area (Å²) in [6.45, 7) is 0.788. The Morgan fingerprint density at radius 3 is 2.95 bits per heavy atom.